The molecule has 0 radical (unpaired) electrons. The van der Waals surface area contributed by atoms with Crippen molar-refractivity contribution < 1.29 is 14.7 Å². The lowest BCUT2D eigenvalue weighted by Gasteiger charge is -2.42. The fourth-order valence-electron chi connectivity index (χ4n) is 4.30. The van der Waals surface area contributed by atoms with Gasteiger partial charge in [-0.2, -0.15) is 5.10 Å². The molecule has 3 N–H and O–H groups in total. The highest BCUT2D eigenvalue weighted by atomic mass is 16.4. The summed E-state index contributed by atoms with van der Waals surface area (Å²) in [6, 6.07) is 0.116. The van der Waals surface area contributed by atoms with Crippen molar-refractivity contribution in [3.05, 3.63) is 11.9 Å². The molecule has 2 amide bonds. The van der Waals surface area contributed by atoms with Gasteiger partial charge in [-0.1, -0.05) is 26.2 Å². The zero-order chi connectivity index (χ0) is 19.4. The molecule has 2 saturated carbocycles. The second-order valence-electron chi connectivity index (χ2n) is 7.81. The first kappa shape index (κ1) is 19.7. The lowest BCUT2D eigenvalue weighted by molar-refractivity contribution is -0.139. The summed E-state index contributed by atoms with van der Waals surface area (Å²) in [6.45, 7) is 2.72. The maximum atomic E-state index is 12.4. The van der Waals surface area contributed by atoms with Crippen LogP contribution in [0.3, 0.4) is 0 Å². The Morgan fingerprint density at radius 2 is 2.00 bits per heavy atom. The van der Waals surface area contributed by atoms with Gasteiger partial charge in [-0.15, -0.1) is 0 Å². The maximum Gasteiger partial charge on any atom is 0.319 e. The van der Waals surface area contributed by atoms with Crippen molar-refractivity contribution in [3.8, 4) is 0 Å². The van der Waals surface area contributed by atoms with Crippen LogP contribution in [0.25, 0.3) is 0 Å². The van der Waals surface area contributed by atoms with Crippen LogP contribution in [0.1, 0.15) is 63.5 Å². The molecule has 0 aliphatic heterocycles. The number of carbonyl (C=O) groups excluding carboxylic acids is 1. The molecule has 0 atom stereocenters. The molecule has 0 spiro atoms. The highest BCUT2D eigenvalue weighted by Gasteiger charge is 2.35. The van der Waals surface area contributed by atoms with Gasteiger partial charge in [0, 0.05) is 31.2 Å². The van der Waals surface area contributed by atoms with E-state index in [4.69, 9.17) is 5.11 Å². The number of hydrogen-bond donors (Lipinski definition) is 3. The van der Waals surface area contributed by atoms with E-state index in [1.165, 1.54) is 19.3 Å². The summed E-state index contributed by atoms with van der Waals surface area (Å²) < 4.78 is 1.77. The average molecular weight is 377 g/mol. The molecule has 8 heteroatoms. The molecule has 1 aromatic heterocycles. The predicted octanol–water partition coefficient (Wildman–Crippen LogP) is 2.53. The third kappa shape index (κ3) is 5.00. The standard InChI is InChI=1S/C19H31N5O3/c1-3-24(12-17(25)26)15-9-14(10-15)20-19(27)21-16-11-23(2)22-18(16)13-7-5-4-6-8-13/h11,13-15H,3-10,12H2,1-2H3,(H,25,26)(H2,20,21,27). The topological polar surface area (TPSA) is 99.5 Å². The highest BCUT2D eigenvalue weighted by Crippen LogP contribution is 2.35. The first-order valence-electron chi connectivity index (χ1n) is 10.0. The van der Waals surface area contributed by atoms with Crippen LogP contribution in [-0.2, 0) is 11.8 Å². The smallest absolute Gasteiger partial charge is 0.319 e. The Balaban J connectivity index is 1.50. The number of aliphatic carboxylic acids is 1. The normalized spacial score (nSPS) is 23.1. The number of carboxylic acids is 1. The molecule has 0 aromatic carbocycles. The van der Waals surface area contributed by atoms with Crippen molar-refractivity contribution in [1.29, 1.82) is 0 Å². The molecular weight excluding hydrogens is 346 g/mol. The molecule has 8 nitrogen and oxygen atoms in total. The quantitative estimate of drug-likeness (QED) is 0.678. The zero-order valence-corrected chi connectivity index (χ0v) is 16.3. The second kappa shape index (κ2) is 8.73. The van der Waals surface area contributed by atoms with E-state index >= 15 is 0 Å². The van der Waals surface area contributed by atoms with Crippen molar-refractivity contribution in [1.82, 2.24) is 20.0 Å². The molecule has 0 bridgehead atoms. The Labute approximate surface area is 160 Å². The first-order chi connectivity index (χ1) is 13.0. The molecule has 1 heterocycles. The van der Waals surface area contributed by atoms with Crippen LogP contribution in [0.2, 0.25) is 0 Å². The van der Waals surface area contributed by atoms with Gasteiger partial charge in [0.25, 0.3) is 0 Å². The van der Waals surface area contributed by atoms with Gasteiger partial charge in [0.1, 0.15) is 0 Å². The van der Waals surface area contributed by atoms with Gasteiger partial charge in [0.05, 0.1) is 17.9 Å². The number of likely N-dealkylation sites (N-methyl/N-ethyl adjacent to an activating group) is 1. The van der Waals surface area contributed by atoms with E-state index < -0.39 is 5.97 Å². The van der Waals surface area contributed by atoms with Crippen LogP contribution < -0.4 is 10.6 Å². The third-order valence-corrected chi connectivity index (χ3v) is 5.81. The van der Waals surface area contributed by atoms with Gasteiger partial charge in [-0.3, -0.25) is 14.4 Å². The fraction of sp³-hybridized carbons (Fsp3) is 0.737. The maximum absolute atomic E-state index is 12.4. The lowest BCUT2D eigenvalue weighted by Crippen LogP contribution is -2.55. The Kier molecular flexibility index (Phi) is 6.36. The number of rotatable bonds is 7. The third-order valence-electron chi connectivity index (χ3n) is 5.81. The molecule has 1 aromatic rings. The number of nitrogens with one attached hydrogen (secondary N) is 2. The molecule has 0 unspecified atom stereocenters. The minimum atomic E-state index is -0.808. The minimum absolute atomic E-state index is 0.0561. The molecule has 2 aliphatic rings. The molecule has 0 saturated heterocycles. The summed E-state index contributed by atoms with van der Waals surface area (Å²) in [4.78, 5) is 25.3. The minimum Gasteiger partial charge on any atom is -0.480 e. The van der Waals surface area contributed by atoms with Crippen LogP contribution >= 0.6 is 0 Å². The summed E-state index contributed by atoms with van der Waals surface area (Å²) in [6.07, 6.45) is 9.45. The van der Waals surface area contributed by atoms with Gasteiger partial charge in [-0.05, 0) is 32.2 Å². The van der Waals surface area contributed by atoms with Crippen molar-refractivity contribution in [3.63, 3.8) is 0 Å². The van der Waals surface area contributed by atoms with Crippen LogP contribution in [0.4, 0.5) is 10.5 Å². The number of hydrogen-bond acceptors (Lipinski definition) is 4. The van der Waals surface area contributed by atoms with E-state index in [1.807, 2.05) is 25.1 Å². The predicted molar refractivity (Wildman–Crippen MR) is 103 cm³/mol. The highest BCUT2D eigenvalue weighted by molar-refractivity contribution is 5.90. The number of aromatic nitrogens is 2. The number of amides is 2. The number of carbonyl (C=O) groups is 2. The molecule has 2 fully saturated rings. The average Bonchev–Trinajstić information content (AvgIpc) is 2.96. The number of nitrogens with zero attached hydrogens (tertiary/aromatic N) is 3. The van der Waals surface area contributed by atoms with Gasteiger partial charge in [0.15, 0.2) is 0 Å². The van der Waals surface area contributed by atoms with E-state index in [1.54, 1.807) is 4.68 Å². The summed E-state index contributed by atoms with van der Waals surface area (Å²) in [5, 5.41) is 19.5. The zero-order valence-electron chi connectivity index (χ0n) is 16.3. The Bertz CT molecular complexity index is 662. The molecule has 2 aliphatic carbocycles. The summed E-state index contributed by atoms with van der Waals surface area (Å²) >= 11 is 0. The van der Waals surface area contributed by atoms with Crippen molar-refractivity contribution >= 4 is 17.7 Å². The number of anilines is 1. The Morgan fingerprint density at radius 3 is 2.63 bits per heavy atom. The first-order valence-corrected chi connectivity index (χ1v) is 10.0. The number of urea groups is 1. The SMILES string of the molecule is CCN(CC(=O)O)C1CC(NC(=O)Nc2cn(C)nc2C2CCCCC2)C1. The second-order valence-corrected chi connectivity index (χ2v) is 7.81. The van der Waals surface area contributed by atoms with Gasteiger partial charge in [-0.25, -0.2) is 4.79 Å². The summed E-state index contributed by atoms with van der Waals surface area (Å²) in [5.74, 6) is -0.379. The van der Waals surface area contributed by atoms with Crippen LogP contribution in [0.5, 0.6) is 0 Å². The molecular formula is C19H31N5O3. The van der Waals surface area contributed by atoms with E-state index in [2.05, 4.69) is 15.7 Å². The monoisotopic (exact) mass is 377 g/mol. The van der Waals surface area contributed by atoms with Crippen molar-refractivity contribution in [2.45, 2.75) is 69.9 Å². The van der Waals surface area contributed by atoms with E-state index in [-0.39, 0.29) is 24.7 Å². The van der Waals surface area contributed by atoms with E-state index in [9.17, 15) is 9.59 Å². The number of aryl methyl sites for hydroxylation is 1. The van der Waals surface area contributed by atoms with E-state index in [0.29, 0.717) is 12.5 Å². The van der Waals surface area contributed by atoms with Gasteiger partial charge >= 0.3 is 12.0 Å². The summed E-state index contributed by atoms with van der Waals surface area (Å²) in [5.41, 5.74) is 1.80. The van der Waals surface area contributed by atoms with Gasteiger partial charge < -0.3 is 15.7 Å². The molecule has 150 valence electrons. The lowest BCUT2D eigenvalue weighted by atomic mass is 9.85. The summed E-state index contributed by atoms with van der Waals surface area (Å²) in [7, 11) is 1.88. The van der Waals surface area contributed by atoms with Crippen LogP contribution in [0, 0.1) is 0 Å². The van der Waals surface area contributed by atoms with E-state index in [0.717, 1.165) is 37.1 Å². The van der Waals surface area contributed by atoms with Crippen LogP contribution in [-0.4, -0.2) is 57.0 Å². The van der Waals surface area contributed by atoms with Crippen LogP contribution in [0.15, 0.2) is 6.20 Å². The Hall–Kier alpha value is -2.09. The molecule has 27 heavy (non-hydrogen) atoms. The molecule has 3 rings (SSSR count). The van der Waals surface area contributed by atoms with Gasteiger partial charge in [0.2, 0.25) is 0 Å². The number of carboxylic acid groups (broad SMARTS) is 1. The Morgan fingerprint density at radius 1 is 1.30 bits per heavy atom. The van der Waals surface area contributed by atoms with Crippen molar-refractivity contribution in [2.24, 2.45) is 7.05 Å². The van der Waals surface area contributed by atoms with Crippen molar-refractivity contribution in [2.75, 3.05) is 18.4 Å². The fourth-order valence-corrected chi connectivity index (χ4v) is 4.30. The largest absolute Gasteiger partial charge is 0.480 e.